The molecule has 0 fully saturated rings. The second-order valence-corrected chi connectivity index (χ2v) is 12.7. The lowest BCUT2D eigenvalue weighted by Gasteiger charge is -2.18. The van der Waals surface area contributed by atoms with Crippen molar-refractivity contribution in [3.63, 3.8) is 0 Å². The van der Waals surface area contributed by atoms with Crippen LogP contribution in [0.4, 0.5) is 0 Å². The number of para-hydroxylation sites is 1. The van der Waals surface area contributed by atoms with Crippen molar-refractivity contribution in [1.29, 1.82) is 0 Å². The Morgan fingerprint density at radius 2 is 0.898 bits per heavy atom. The molecule has 0 saturated carbocycles. The van der Waals surface area contributed by atoms with Crippen molar-refractivity contribution in [2.75, 3.05) is 0 Å². The summed E-state index contributed by atoms with van der Waals surface area (Å²) < 4.78 is 2.44. The molecule has 10 aromatic rings. The predicted octanol–water partition coefficient (Wildman–Crippen LogP) is 12.6. The van der Waals surface area contributed by atoms with Gasteiger partial charge in [-0.15, -0.1) is 0 Å². The lowest BCUT2D eigenvalue weighted by molar-refractivity contribution is 1.18. The SMILES string of the molecule is c1ccc(-c2ccc3c(c2)c2ccccc2n3-c2cc(-c3cccc(-c4ccccc4)n3)c3c4ccccc4c4ccccc4c3c2)cc1. The van der Waals surface area contributed by atoms with Crippen LogP contribution in [0.1, 0.15) is 0 Å². The third-order valence-corrected chi connectivity index (χ3v) is 9.96. The van der Waals surface area contributed by atoms with E-state index in [1.807, 2.05) is 0 Å². The van der Waals surface area contributed by atoms with E-state index in [9.17, 15) is 0 Å². The van der Waals surface area contributed by atoms with Crippen LogP contribution in [0.3, 0.4) is 0 Å². The fraction of sp³-hybridized carbons (Fsp3) is 0. The van der Waals surface area contributed by atoms with Crippen molar-refractivity contribution in [2.24, 2.45) is 0 Å². The average Bonchev–Trinajstić information content (AvgIpc) is 3.52. The summed E-state index contributed by atoms with van der Waals surface area (Å²) in [5.74, 6) is 0. The maximum Gasteiger partial charge on any atom is 0.0716 e. The molecule has 0 amide bonds. The lowest BCUT2D eigenvalue weighted by atomic mass is 9.90. The Hall–Kier alpha value is -6.51. The number of benzene rings is 8. The maximum atomic E-state index is 5.33. The summed E-state index contributed by atoms with van der Waals surface area (Å²) in [4.78, 5) is 5.33. The molecule has 8 aromatic carbocycles. The van der Waals surface area contributed by atoms with Crippen LogP contribution in [0.25, 0.3) is 93.5 Å². The van der Waals surface area contributed by atoms with Gasteiger partial charge in [0.15, 0.2) is 0 Å². The first-order valence-electron chi connectivity index (χ1n) is 16.8. The molecule has 2 aromatic heterocycles. The highest BCUT2D eigenvalue weighted by Crippen LogP contribution is 2.43. The van der Waals surface area contributed by atoms with Crippen LogP contribution in [0.15, 0.2) is 182 Å². The molecule has 0 spiro atoms. The van der Waals surface area contributed by atoms with Crippen LogP contribution in [0.5, 0.6) is 0 Å². The summed E-state index contributed by atoms with van der Waals surface area (Å²) >= 11 is 0. The molecule has 49 heavy (non-hydrogen) atoms. The summed E-state index contributed by atoms with van der Waals surface area (Å²) in [6, 6.07) is 65.6. The Morgan fingerprint density at radius 3 is 1.65 bits per heavy atom. The third-order valence-electron chi connectivity index (χ3n) is 9.96. The molecule has 0 aliphatic heterocycles. The van der Waals surface area contributed by atoms with Crippen LogP contribution in [0, 0.1) is 0 Å². The van der Waals surface area contributed by atoms with Crippen LogP contribution < -0.4 is 0 Å². The van der Waals surface area contributed by atoms with Gasteiger partial charge in [-0.25, -0.2) is 4.98 Å². The van der Waals surface area contributed by atoms with Gasteiger partial charge >= 0.3 is 0 Å². The largest absolute Gasteiger partial charge is 0.309 e. The van der Waals surface area contributed by atoms with Gasteiger partial charge in [-0.05, 0) is 85.9 Å². The van der Waals surface area contributed by atoms with Crippen molar-refractivity contribution in [3.05, 3.63) is 182 Å². The van der Waals surface area contributed by atoms with Gasteiger partial charge in [0.25, 0.3) is 0 Å². The van der Waals surface area contributed by atoms with E-state index in [2.05, 4.69) is 187 Å². The summed E-state index contributed by atoms with van der Waals surface area (Å²) in [6.07, 6.45) is 0. The standard InChI is InChI=1S/C47H30N2/c1-3-14-31(15-4-1)33-26-27-46-40(28-33)38-21-11-12-25-45(38)49(46)34-29-41-37-20-8-7-18-35(37)36-19-9-10-22-39(36)47(41)42(30-34)44-24-13-23-43(48-44)32-16-5-2-6-17-32/h1-30H. The van der Waals surface area contributed by atoms with Crippen molar-refractivity contribution in [1.82, 2.24) is 9.55 Å². The van der Waals surface area contributed by atoms with Crippen molar-refractivity contribution in [2.45, 2.75) is 0 Å². The molecular formula is C47H30N2. The third kappa shape index (κ3) is 4.38. The second-order valence-electron chi connectivity index (χ2n) is 12.7. The van der Waals surface area contributed by atoms with E-state index in [1.165, 1.54) is 65.3 Å². The van der Waals surface area contributed by atoms with Crippen LogP contribution in [-0.2, 0) is 0 Å². The van der Waals surface area contributed by atoms with Gasteiger partial charge in [-0.3, -0.25) is 0 Å². The monoisotopic (exact) mass is 622 g/mol. The number of rotatable bonds is 4. The quantitative estimate of drug-likeness (QED) is 0.179. The molecule has 10 rings (SSSR count). The second kappa shape index (κ2) is 11.0. The summed E-state index contributed by atoms with van der Waals surface area (Å²) in [5, 5.41) is 9.92. The topological polar surface area (TPSA) is 17.8 Å². The van der Waals surface area contributed by atoms with E-state index in [0.29, 0.717) is 0 Å². The highest BCUT2D eigenvalue weighted by Gasteiger charge is 2.19. The Morgan fingerprint density at radius 1 is 0.327 bits per heavy atom. The minimum Gasteiger partial charge on any atom is -0.309 e. The van der Waals surface area contributed by atoms with Gasteiger partial charge in [-0.1, -0.05) is 140 Å². The van der Waals surface area contributed by atoms with Crippen molar-refractivity contribution >= 4 is 54.1 Å². The van der Waals surface area contributed by atoms with E-state index in [0.717, 1.165) is 28.2 Å². The van der Waals surface area contributed by atoms with Crippen LogP contribution in [0.2, 0.25) is 0 Å². The van der Waals surface area contributed by atoms with E-state index >= 15 is 0 Å². The van der Waals surface area contributed by atoms with Gasteiger partial charge in [0.2, 0.25) is 0 Å². The molecule has 228 valence electrons. The first-order chi connectivity index (χ1) is 24.3. The van der Waals surface area contributed by atoms with E-state index < -0.39 is 0 Å². The number of pyridine rings is 1. The van der Waals surface area contributed by atoms with Crippen molar-refractivity contribution < 1.29 is 0 Å². The van der Waals surface area contributed by atoms with E-state index in [-0.39, 0.29) is 0 Å². The zero-order valence-corrected chi connectivity index (χ0v) is 26.7. The normalized spacial score (nSPS) is 11.7. The van der Waals surface area contributed by atoms with Crippen molar-refractivity contribution in [3.8, 4) is 39.3 Å². The highest BCUT2D eigenvalue weighted by atomic mass is 15.0. The Bertz CT molecular complexity index is 2860. The fourth-order valence-electron chi connectivity index (χ4n) is 7.77. The molecule has 0 unspecified atom stereocenters. The molecule has 0 aliphatic carbocycles. The van der Waals surface area contributed by atoms with Gasteiger partial charge in [-0.2, -0.15) is 0 Å². The number of fused-ring (bicyclic) bond motifs is 9. The Balaban J connectivity index is 1.33. The fourth-order valence-corrected chi connectivity index (χ4v) is 7.77. The smallest absolute Gasteiger partial charge is 0.0716 e. The van der Waals surface area contributed by atoms with Gasteiger partial charge in [0.1, 0.15) is 0 Å². The lowest BCUT2D eigenvalue weighted by Crippen LogP contribution is -1.98. The van der Waals surface area contributed by atoms with Crippen LogP contribution in [-0.4, -0.2) is 9.55 Å². The first kappa shape index (κ1) is 27.6. The Kier molecular flexibility index (Phi) is 6.22. The molecule has 0 atom stereocenters. The minimum atomic E-state index is 0.959. The predicted molar refractivity (Wildman–Crippen MR) is 207 cm³/mol. The highest BCUT2D eigenvalue weighted by molar-refractivity contribution is 6.29. The number of hydrogen-bond donors (Lipinski definition) is 0. The van der Waals surface area contributed by atoms with Gasteiger partial charge < -0.3 is 4.57 Å². The van der Waals surface area contributed by atoms with Gasteiger partial charge in [0, 0.05) is 27.6 Å². The number of nitrogens with zero attached hydrogens (tertiary/aromatic N) is 2. The summed E-state index contributed by atoms with van der Waals surface area (Å²) in [5.41, 5.74) is 10.1. The molecule has 0 saturated heterocycles. The zero-order chi connectivity index (χ0) is 32.3. The molecule has 2 heterocycles. The zero-order valence-electron chi connectivity index (χ0n) is 26.7. The molecular weight excluding hydrogens is 593 g/mol. The first-order valence-corrected chi connectivity index (χ1v) is 16.8. The number of aromatic nitrogens is 2. The minimum absolute atomic E-state index is 0.959. The molecule has 2 heteroatoms. The molecule has 0 bridgehead atoms. The maximum absolute atomic E-state index is 5.33. The molecule has 0 radical (unpaired) electrons. The summed E-state index contributed by atoms with van der Waals surface area (Å²) in [6.45, 7) is 0. The molecule has 2 nitrogen and oxygen atoms in total. The average molecular weight is 623 g/mol. The van der Waals surface area contributed by atoms with E-state index in [4.69, 9.17) is 4.98 Å². The summed E-state index contributed by atoms with van der Waals surface area (Å²) in [7, 11) is 0. The molecule has 0 N–H and O–H groups in total. The number of hydrogen-bond acceptors (Lipinski definition) is 1. The van der Waals surface area contributed by atoms with E-state index in [1.54, 1.807) is 0 Å². The van der Waals surface area contributed by atoms with Crippen LogP contribution >= 0.6 is 0 Å². The molecule has 0 aliphatic rings. The Labute approximate surface area is 284 Å². The van der Waals surface area contributed by atoms with Gasteiger partial charge in [0.05, 0.1) is 22.4 Å².